The van der Waals surface area contributed by atoms with Gasteiger partial charge in [-0.25, -0.2) is 0 Å². The summed E-state index contributed by atoms with van der Waals surface area (Å²) in [6.45, 7) is 1.94. The van der Waals surface area contributed by atoms with E-state index >= 15 is 0 Å². The topological polar surface area (TPSA) is 54.4 Å². The zero-order chi connectivity index (χ0) is 12.9. The molecule has 0 aromatic heterocycles. The van der Waals surface area contributed by atoms with Crippen molar-refractivity contribution < 1.29 is 13.0 Å². The first kappa shape index (κ1) is 14.5. The predicted octanol–water partition coefficient (Wildman–Crippen LogP) is 3.19. The highest BCUT2D eigenvalue weighted by Gasteiger charge is 2.11. The van der Waals surface area contributed by atoms with Crippen molar-refractivity contribution in [3.63, 3.8) is 0 Å². The molecule has 0 fully saturated rings. The molecule has 1 N–H and O–H groups in total. The Morgan fingerprint density at radius 1 is 1.24 bits per heavy atom. The largest absolute Gasteiger partial charge is 0.294 e. The van der Waals surface area contributed by atoms with Crippen molar-refractivity contribution in [2.45, 2.75) is 37.5 Å². The molecule has 0 spiro atoms. The summed E-state index contributed by atoms with van der Waals surface area (Å²) in [5, 5.41) is 0. The van der Waals surface area contributed by atoms with Gasteiger partial charge in [0.2, 0.25) is 0 Å². The Morgan fingerprint density at radius 2 is 1.94 bits per heavy atom. The summed E-state index contributed by atoms with van der Waals surface area (Å²) in [5.41, 5.74) is 2.01. The average Bonchev–Trinajstić information content (AvgIpc) is 2.25. The highest BCUT2D eigenvalue weighted by Crippen LogP contribution is 2.17. The lowest BCUT2D eigenvalue weighted by Gasteiger charge is -2.07. The van der Waals surface area contributed by atoms with E-state index in [-0.39, 0.29) is 4.90 Å². The summed E-state index contributed by atoms with van der Waals surface area (Å²) in [6.07, 6.45) is 3.78. The van der Waals surface area contributed by atoms with Crippen LogP contribution in [0.2, 0.25) is 0 Å². The summed E-state index contributed by atoms with van der Waals surface area (Å²) < 4.78 is 31.0. The zero-order valence-corrected chi connectivity index (χ0v) is 11.4. The molecule has 3 nitrogen and oxygen atoms in total. The molecule has 17 heavy (non-hydrogen) atoms. The van der Waals surface area contributed by atoms with Crippen LogP contribution in [0.15, 0.2) is 23.1 Å². The first-order valence-corrected chi connectivity index (χ1v) is 7.55. The van der Waals surface area contributed by atoms with Crippen molar-refractivity contribution in [1.82, 2.24) is 0 Å². The maximum Gasteiger partial charge on any atom is 0.294 e. The van der Waals surface area contributed by atoms with Crippen LogP contribution in [0.5, 0.6) is 0 Å². The van der Waals surface area contributed by atoms with Gasteiger partial charge < -0.3 is 0 Å². The van der Waals surface area contributed by atoms with Crippen LogP contribution in [-0.2, 0) is 16.5 Å². The van der Waals surface area contributed by atoms with Crippen molar-refractivity contribution in [2.75, 3.05) is 5.88 Å². The Morgan fingerprint density at radius 3 is 2.53 bits per heavy atom. The van der Waals surface area contributed by atoms with Crippen molar-refractivity contribution in [3.05, 3.63) is 29.3 Å². The lowest BCUT2D eigenvalue weighted by atomic mass is 10.0. The maximum absolute atomic E-state index is 11.0. The van der Waals surface area contributed by atoms with Gasteiger partial charge in [-0.2, -0.15) is 8.42 Å². The van der Waals surface area contributed by atoms with E-state index in [9.17, 15) is 8.42 Å². The number of alkyl halides is 1. The van der Waals surface area contributed by atoms with Crippen LogP contribution >= 0.6 is 11.6 Å². The molecule has 0 saturated heterocycles. The zero-order valence-electron chi connectivity index (χ0n) is 9.82. The van der Waals surface area contributed by atoms with Crippen molar-refractivity contribution >= 4 is 21.7 Å². The Labute approximate surface area is 108 Å². The maximum atomic E-state index is 11.0. The fourth-order valence-electron chi connectivity index (χ4n) is 1.66. The van der Waals surface area contributed by atoms with Gasteiger partial charge in [-0.15, -0.1) is 11.6 Å². The molecule has 0 unspecified atom stereocenters. The van der Waals surface area contributed by atoms with E-state index in [1.165, 1.54) is 6.07 Å². The molecule has 0 amide bonds. The Kier molecular flexibility index (Phi) is 5.43. The third-order valence-electron chi connectivity index (χ3n) is 2.70. The SMILES string of the molecule is Cc1ccc(S(=O)(=O)O)cc1CCCCCCl. The van der Waals surface area contributed by atoms with Gasteiger partial charge in [0.15, 0.2) is 0 Å². The highest BCUT2D eigenvalue weighted by molar-refractivity contribution is 7.85. The van der Waals surface area contributed by atoms with E-state index in [0.29, 0.717) is 5.88 Å². The van der Waals surface area contributed by atoms with Crippen LogP contribution in [0.3, 0.4) is 0 Å². The number of hydrogen-bond acceptors (Lipinski definition) is 2. The van der Waals surface area contributed by atoms with Gasteiger partial charge in [0.1, 0.15) is 0 Å². The van der Waals surface area contributed by atoms with Crippen LogP contribution in [0.25, 0.3) is 0 Å². The molecule has 0 aliphatic carbocycles. The van der Waals surface area contributed by atoms with Gasteiger partial charge in [0, 0.05) is 5.88 Å². The number of benzene rings is 1. The molecule has 0 saturated carbocycles. The molecule has 1 aromatic carbocycles. The molecule has 96 valence electrons. The summed E-state index contributed by atoms with van der Waals surface area (Å²) in [7, 11) is -4.10. The Hall–Kier alpha value is -0.580. The van der Waals surface area contributed by atoms with Crippen molar-refractivity contribution in [3.8, 4) is 0 Å². The molecule has 1 aromatic rings. The standard InChI is InChI=1S/C12H17ClO3S/c1-10-6-7-12(17(14,15)16)9-11(10)5-3-2-4-8-13/h6-7,9H,2-5,8H2,1H3,(H,14,15,16). The second kappa shape index (κ2) is 6.38. The van der Waals surface area contributed by atoms with E-state index in [1.807, 2.05) is 6.92 Å². The molecule has 1 rings (SSSR count). The van der Waals surface area contributed by atoms with Crippen LogP contribution in [0, 0.1) is 6.92 Å². The monoisotopic (exact) mass is 276 g/mol. The van der Waals surface area contributed by atoms with E-state index in [4.69, 9.17) is 16.2 Å². The Bertz CT molecular complexity index is 469. The fourth-order valence-corrected chi connectivity index (χ4v) is 2.38. The normalized spacial score (nSPS) is 11.7. The van der Waals surface area contributed by atoms with E-state index in [1.54, 1.807) is 12.1 Å². The third kappa shape index (κ3) is 4.66. The molecular weight excluding hydrogens is 260 g/mol. The molecular formula is C12H17ClO3S. The first-order valence-electron chi connectivity index (χ1n) is 5.58. The van der Waals surface area contributed by atoms with Gasteiger partial charge in [-0.05, 0) is 49.4 Å². The fraction of sp³-hybridized carbons (Fsp3) is 0.500. The second-order valence-corrected chi connectivity index (χ2v) is 5.86. The Balaban J connectivity index is 2.77. The lowest BCUT2D eigenvalue weighted by molar-refractivity contribution is 0.483. The number of unbranched alkanes of at least 4 members (excludes halogenated alkanes) is 2. The number of hydrogen-bond donors (Lipinski definition) is 1. The number of aryl methyl sites for hydroxylation is 2. The van der Waals surface area contributed by atoms with Crippen LogP contribution in [0.4, 0.5) is 0 Å². The minimum atomic E-state index is -4.10. The van der Waals surface area contributed by atoms with E-state index < -0.39 is 10.1 Å². The summed E-state index contributed by atoms with van der Waals surface area (Å²) in [5.74, 6) is 0.657. The van der Waals surface area contributed by atoms with E-state index in [0.717, 1.165) is 36.8 Å². The predicted molar refractivity (Wildman–Crippen MR) is 69.3 cm³/mol. The summed E-state index contributed by atoms with van der Waals surface area (Å²) >= 11 is 5.59. The molecule has 0 heterocycles. The minimum Gasteiger partial charge on any atom is -0.282 e. The van der Waals surface area contributed by atoms with Gasteiger partial charge in [-0.1, -0.05) is 12.5 Å². The van der Waals surface area contributed by atoms with Crippen molar-refractivity contribution in [1.29, 1.82) is 0 Å². The molecule has 0 radical (unpaired) electrons. The van der Waals surface area contributed by atoms with Gasteiger partial charge in [-0.3, -0.25) is 4.55 Å². The van der Waals surface area contributed by atoms with Gasteiger partial charge >= 0.3 is 0 Å². The van der Waals surface area contributed by atoms with Gasteiger partial charge in [0.25, 0.3) is 10.1 Å². The third-order valence-corrected chi connectivity index (χ3v) is 3.82. The number of halogens is 1. The van der Waals surface area contributed by atoms with Crippen molar-refractivity contribution in [2.24, 2.45) is 0 Å². The lowest BCUT2D eigenvalue weighted by Crippen LogP contribution is -2.00. The van der Waals surface area contributed by atoms with Crippen LogP contribution in [0.1, 0.15) is 30.4 Å². The molecule has 0 aliphatic rings. The molecule has 0 aliphatic heterocycles. The highest BCUT2D eigenvalue weighted by atomic mass is 35.5. The van der Waals surface area contributed by atoms with Crippen LogP contribution < -0.4 is 0 Å². The smallest absolute Gasteiger partial charge is 0.282 e. The summed E-state index contributed by atoms with van der Waals surface area (Å²) in [4.78, 5) is -0.0320. The second-order valence-electron chi connectivity index (χ2n) is 4.06. The average molecular weight is 277 g/mol. The quantitative estimate of drug-likeness (QED) is 0.493. The molecule has 5 heteroatoms. The van der Waals surface area contributed by atoms with Gasteiger partial charge in [0.05, 0.1) is 4.90 Å². The van der Waals surface area contributed by atoms with Crippen LogP contribution in [-0.4, -0.2) is 18.9 Å². The van der Waals surface area contributed by atoms with E-state index in [2.05, 4.69) is 0 Å². The minimum absolute atomic E-state index is 0.0320. The summed E-state index contributed by atoms with van der Waals surface area (Å²) in [6, 6.07) is 4.69. The molecule has 0 atom stereocenters. The molecule has 0 bridgehead atoms. The number of rotatable bonds is 6. The first-order chi connectivity index (χ1) is 7.95.